The van der Waals surface area contributed by atoms with Gasteiger partial charge in [0.15, 0.2) is 6.61 Å². The summed E-state index contributed by atoms with van der Waals surface area (Å²) in [6.45, 7) is 4.93. The van der Waals surface area contributed by atoms with Crippen LogP contribution in [-0.4, -0.2) is 28.9 Å². The Morgan fingerprint density at radius 2 is 2.00 bits per heavy atom. The number of nitrogens with one attached hydrogen (secondary N) is 1. The molecule has 8 nitrogen and oxygen atoms in total. The number of anilines is 1. The van der Waals surface area contributed by atoms with E-state index in [1.807, 2.05) is 0 Å². The van der Waals surface area contributed by atoms with Crippen molar-refractivity contribution in [2.45, 2.75) is 26.3 Å². The molecule has 3 N–H and O–H groups in total. The second kappa shape index (κ2) is 6.21. The van der Waals surface area contributed by atoms with Gasteiger partial charge >= 0.3 is 5.97 Å². The Morgan fingerprint density at radius 1 is 1.38 bits per heavy atom. The fourth-order valence-corrected chi connectivity index (χ4v) is 1.51. The summed E-state index contributed by atoms with van der Waals surface area (Å²) in [5.74, 6) is -1.26. The first-order valence-electron chi connectivity index (χ1n) is 6.12. The molecule has 0 aliphatic rings. The number of rotatable bonds is 4. The molecule has 1 amide bonds. The molecule has 0 heterocycles. The van der Waals surface area contributed by atoms with E-state index >= 15 is 0 Å². The van der Waals surface area contributed by atoms with E-state index in [2.05, 4.69) is 5.32 Å². The lowest BCUT2D eigenvalue weighted by molar-refractivity contribution is -0.384. The van der Waals surface area contributed by atoms with Gasteiger partial charge in [-0.1, -0.05) is 0 Å². The number of carbonyl (C=O) groups excluding carboxylic acids is 2. The first-order chi connectivity index (χ1) is 9.60. The zero-order valence-corrected chi connectivity index (χ0v) is 12.0. The maximum atomic E-state index is 11.8. The average molecular weight is 295 g/mol. The minimum atomic E-state index is -0.813. The van der Waals surface area contributed by atoms with E-state index in [4.69, 9.17) is 10.5 Å². The summed E-state index contributed by atoms with van der Waals surface area (Å²) >= 11 is 0. The topological polar surface area (TPSA) is 125 Å². The number of non-ortho nitro benzene ring substituents is 1. The van der Waals surface area contributed by atoms with Crippen LogP contribution in [0.2, 0.25) is 0 Å². The maximum absolute atomic E-state index is 11.8. The smallest absolute Gasteiger partial charge is 0.340 e. The van der Waals surface area contributed by atoms with Crippen LogP contribution in [0.4, 0.5) is 11.4 Å². The number of ether oxygens (including phenoxy) is 1. The number of hydrogen-bond donors (Lipinski definition) is 2. The molecule has 0 atom stereocenters. The Kier molecular flexibility index (Phi) is 4.85. The zero-order valence-electron chi connectivity index (χ0n) is 12.0. The molecule has 0 unspecified atom stereocenters. The van der Waals surface area contributed by atoms with Crippen LogP contribution < -0.4 is 11.1 Å². The van der Waals surface area contributed by atoms with Gasteiger partial charge in [-0.3, -0.25) is 14.9 Å². The maximum Gasteiger partial charge on any atom is 0.340 e. The summed E-state index contributed by atoms with van der Waals surface area (Å²) < 4.78 is 4.82. The van der Waals surface area contributed by atoms with Crippen LogP contribution in [0.1, 0.15) is 31.1 Å². The highest BCUT2D eigenvalue weighted by Gasteiger charge is 2.18. The number of amides is 1. The van der Waals surface area contributed by atoms with Gasteiger partial charge in [0.2, 0.25) is 0 Å². The van der Waals surface area contributed by atoms with E-state index in [9.17, 15) is 19.7 Å². The van der Waals surface area contributed by atoms with Gasteiger partial charge in [-0.05, 0) is 26.8 Å². The quantitative estimate of drug-likeness (QED) is 0.373. The van der Waals surface area contributed by atoms with Gasteiger partial charge in [0, 0.05) is 17.7 Å². The highest BCUT2D eigenvalue weighted by atomic mass is 16.6. The average Bonchev–Trinajstić information content (AvgIpc) is 2.33. The van der Waals surface area contributed by atoms with Crippen molar-refractivity contribution in [2.24, 2.45) is 0 Å². The number of benzene rings is 1. The number of carbonyl (C=O) groups is 2. The van der Waals surface area contributed by atoms with Crippen LogP contribution in [0.25, 0.3) is 0 Å². The van der Waals surface area contributed by atoms with Crippen molar-refractivity contribution in [3.05, 3.63) is 33.9 Å². The number of nitrogens with zero attached hydrogens (tertiary/aromatic N) is 1. The van der Waals surface area contributed by atoms with Crippen molar-refractivity contribution in [1.29, 1.82) is 0 Å². The van der Waals surface area contributed by atoms with Gasteiger partial charge < -0.3 is 15.8 Å². The highest BCUT2D eigenvalue weighted by molar-refractivity contribution is 5.96. The Hall–Kier alpha value is -2.64. The zero-order chi connectivity index (χ0) is 16.2. The van der Waals surface area contributed by atoms with E-state index in [1.165, 1.54) is 6.07 Å². The molecule has 0 saturated heterocycles. The molecule has 1 rings (SSSR count). The second-order valence-electron chi connectivity index (χ2n) is 5.40. The van der Waals surface area contributed by atoms with Gasteiger partial charge in [0.25, 0.3) is 11.6 Å². The van der Waals surface area contributed by atoms with Crippen molar-refractivity contribution in [3.63, 3.8) is 0 Å². The number of nitro groups is 1. The van der Waals surface area contributed by atoms with Gasteiger partial charge in [0.05, 0.1) is 16.2 Å². The fourth-order valence-electron chi connectivity index (χ4n) is 1.51. The molecule has 0 fully saturated rings. The van der Waals surface area contributed by atoms with Crippen LogP contribution in [0.5, 0.6) is 0 Å². The predicted molar refractivity (Wildman–Crippen MR) is 75.7 cm³/mol. The molecule has 8 heteroatoms. The molecular weight excluding hydrogens is 278 g/mol. The highest BCUT2D eigenvalue weighted by Crippen LogP contribution is 2.20. The van der Waals surface area contributed by atoms with Crippen molar-refractivity contribution in [1.82, 2.24) is 5.32 Å². The number of hydrogen-bond acceptors (Lipinski definition) is 6. The van der Waals surface area contributed by atoms with Crippen molar-refractivity contribution < 1.29 is 19.2 Å². The number of esters is 1. The van der Waals surface area contributed by atoms with E-state index in [0.29, 0.717) is 0 Å². The van der Waals surface area contributed by atoms with Crippen molar-refractivity contribution in [2.75, 3.05) is 12.3 Å². The first-order valence-corrected chi connectivity index (χ1v) is 6.12. The molecule has 1 aromatic rings. The summed E-state index contributed by atoms with van der Waals surface area (Å²) in [5.41, 5.74) is 4.80. The van der Waals surface area contributed by atoms with Crippen LogP contribution in [0.15, 0.2) is 18.2 Å². The van der Waals surface area contributed by atoms with E-state index in [1.54, 1.807) is 20.8 Å². The molecular formula is C13H17N3O5. The van der Waals surface area contributed by atoms with E-state index in [-0.39, 0.29) is 16.9 Å². The summed E-state index contributed by atoms with van der Waals surface area (Å²) in [7, 11) is 0. The van der Waals surface area contributed by atoms with E-state index < -0.39 is 28.9 Å². The van der Waals surface area contributed by atoms with Gasteiger partial charge in [-0.25, -0.2) is 4.79 Å². The first kappa shape index (κ1) is 16.4. The molecule has 114 valence electrons. The molecule has 0 aliphatic heterocycles. The standard InChI is InChI=1S/C13H17N3O5/c1-13(2,3)15-11(17)7-21-12(18)9-5-4-8(16(19)20)6-10(9)14/h4-6H,7,14H2,1-3H3,(H,15,17). The molecule has 0 radical (unpaired) electrons. The van der Waals surface area contributed by atoms with Crippen LogP contribution >= 0.6 is 0 Å². The molecule has 0 aromatic heterocycles. The number of nitrogen functional groups attached to an aromatic ring is 1. The normalized spacial score (nSPS) is 10.8. The van der Waals surface area contributed by atoms with Crippen LogP contribution in [0, 0.1) is 10.1 Å². The molecule has 0 aliphatic carbocycles. The largest absolute Gasteiger partial charge is 0.452 e. The Labute approximate surface area is 121 Å². The third-order valence-electron chi connectivity index (χ3n) is 2.31. The molecule has 21 heavy (non-hydrogen) atoms. The molecule has 0 spiro atoms. The van der Waals surface area contributed by atoms with Crippen LogP contribution in [0.3, 0.4) is 0 Å². The minimum absolute atomic E-state index is 0.0239. The summed E-state index contributed by atoms with van der Waals surface area (Å²) in [6.07, 6.45) is 0. The lowest BCUT2D eigenvalue weighted by Gasteiger charge is -2.20. The lowest BCUT2D eigenvalue weighted by atomic mass is 10.1. The Morgan fingerprint density at radius 3 is 2.48 bits per heavy atom. The van der Waals surface area contributed by atoms with Gasteiger partial charge in [-0.2, -0.15) is 0 Å². The molecule has 0 saturated carbocycles. The predicted octanol–water partition coefficient (Wildman–Crippen LogP) is 1.25. The number of nitrogens with two attached hydrogens (primary N) is 1. The molecule has 1 aromatic carbocycles. The van der Waals surface area contributed by atoms with Crippen LogP contribution in [-0.2, 0) is 9.53 Å². The van der Waals surface area contributed by atoms with Gasteiger partial charge in [0.1, 0.15) is 0 Å². The van der Waals surface area contributed by atoms with Crippen molar-refractivity contribution in [3.8, 4) is 0 Å². The van der Waals surface area contributed by atoms with Gasteiger partial charge in [-0.15, -0.1) is 0 Å². The van der Waals surface area contributed by atoms with Crippen molar-refractivity contribution >= 4 is 23.3 Å². The summed E-state index contributed by atoms with van der Waals surface area (Å²) in [4.78, 5) is 33.2. The third kappa shape index (κ3) is 5.09. The Balaban J connectivity index is 2.68. The summed E-state index contributed by atoms with van der Waals surface area (Å²) in [6, 6.07) is 3.39. The Bertz CT molecular complexity index is 578. The monoisotopic (exact) mass is 295 g/mol. The second-order valence-corrected chi connectivity index (χ2v) is 5.40. The van der Waals surface area contributed by atoms with E-state index in [0.717, 1.165) is 12.1 Å². The number of nitro benzene ring substituents is 1. The molecule has 0 bridgehead atoms. The SMILES string of the molecule is CC(C)(C)NC(=O)COC(=O)c1ccc([N+](=O)[O-])cc1N. The minimum Gasteiger partial charge on any atom is -0.452 e. The third-order valence-corrected chi connectivity index (χ3v) is 2.31. The lowest BCUT2D eigenvalue weighted by Crippen LogP contribution is -2.42. The fraction of sp³-hybridized carbons (Fsp3) is 0.385. The summed E-state index contributed by atoms with van der Waals surface area (Å²) in [5, 5.41) is 13.2.